The predicted octanol–water partition coefficient (Wildman–Crippen LogP) is 6.67. The van der Waals surface area contributed by atoms with Gasteiger partial charge in [0.25, 0.3) is 11.6 Å². The highest BCUT2D eigenvalue weighted by Gasteiger charge is 2.32. The van der Waals surface area contributed by atoms with Gasteiger partial charge < -0.3 is 9.47 Å². The lowest BCUT2D eigenvalue weighted by atomic mass is 10.0. The summed E-state index contributed by atoms with van der Waals surface area (Å²) < 4.78 is 25.0. The summed E-state index contributed by atoms with van der Waals surface area (Å²) in [6.45, 7) is 6.32. The van der Waals surface area contributed by atoms with Gasteiger partial charge in [0.15, 0.2) is 16.7 Å². The van der Waals surface area contributed by atoms with E-state index in [1.54, 1.807) is 47.4 Å². The molecule has 1 aliphatic heterocycles. The molecule has 0 radical (unpaired) electrons. The summed E-state index contributed by atoms with van der Waals surface area (Å²) in [5.74, 6) is 0.473. The molecule has 1 saturated heterocycles. The van der Waals surface area contributed by atoms with Crippen molar-refractivity contribution in [2.24, 2.45) is 4.99 Å². The standard InChI is InChI=1S/C29H26FN3O5S/c1-4-6-21-15-20(16-25(37-3)27(21)38-18-19-7-13-24(14-8-19)33(35)36)17-26-28(34)32(5-2)29(39-26)31-23-11-9-22(30)10-12-23/h4,7-17H,1,5-6,18H2,2-3H3/b26-17+,31-29?. The second-order valence-electron chi connectivity index (χ2n) is 8.45. The smallest absolute Gasteiger partial charge is 0.269 e. The molecule has 10 heteroatoms. The van der Waals surface area contributed by atoms with E-state index in [0.717, 1.165) is 16.7 Å². The van der Waals surface area contributed by atoms with Crippen LogP contribution in [-0.4, -0.2) is 34.6 Å². The molecular formula is C29H26FN3O5S. The highest BCUT2D eigenvalue weighted by molar-refractivity contribution is 8.18. The van der Waals surface area contributed by atoms with E-state index in [2.05, 4.69) is 11.6 Å². The van der Waals surface area contributed by atoms with Crippen molar-refractivity contribution < 1.29 is 23.6 Å². The molecule has 0 atom stereocenters. The molecule has 0 bridgehead atoms. The third-order valence-corrected chi connectivity index (χ3v) is 6.83. The number of nitrogens with zero attached hydrogens (tertiary/aromatic N) is 3. The molecule has 0 aliphatic carbocycles. The Kier molecular flexibility index (Phi) is 8.77. The van der Waals surface area contributed by atoms with Crippen LogP contribution in [0.4, 0.5) is 15.8 Å². The normalized spacial score (nSPS) is 15.2. The molecule has 39 heavy (non-hydrogen) atoms. The Morgan fingerprint density at radius 3 is 2.49 bits per heavy atom. The van der Waals surface area contributed by atoms with Crippen LogP contribution in [0.15, 0.2) is 83.2 Å². The van der Waals surface area contributed by atoms with E-state index < -0.39 is 4.92 Å². The number of carbonyl (C=O) groups is 1. The molecule has 3 aromatic carbocycles. The van der Waals surface area contributed by atoms with Crippen LogP contribution in [0, 0.1) is 15.9 Å². The number of likely N-dealkylation sites (N-methyl/N-ethyl adjacent to an activating group) is 1. The molecule has 0 unspecified atom stereocenters. The number of nitro groups is 1. The fourth-order valence-corrected chi connectivity index (χ4v) is 4.97. The van der Waals surface area contributed by atoms with Crippen molar-refractivity contribution in [1.29, 1.82) is 0 Å². The maximum atomic E-state index is 13.3. The molecule has 4 rings (SSSR count). The summed E-state index contributed by atoms with van der Waals surface area (Å²) in [6.07, 6.45) is 4.01. The maximum absolute atomic E-state index is 13.3. The summed E-state index contributed by atoms with van der Waals surface area (Å²) in [6, 6.07) is 15.6. The van der Waals surface area contributed by atoms with Gasteiger partial charge in [0.05, 0.1) is 22.6 Å². The van der Waals surface area contributed by atoms with Gasteiger partial charge in [-0.25, -0.2) is 9.38 Å². The Hall–Kier alpha value is -4.44. The van der Waals surface area contributed by atoms with Gasteiger partial charge in [0.1, 0.15) is 12.4 Å². The zero-order chi connectivity index (χ0) is 27.9. The lowest BCUT2D eigenvalue weighted by molar-refractivity contribution is -0.384. The van der Waals surface area contributed by atoms with E-state index in [0.29, 0.717) is 40.2 Å². The van der Waals surface area contributed by atoms with Gasteiger partial charge in [0.2, 0.25) is 0 Å². The number of thioether (sulfide) groups is 1. The fraction of sp³-hybridized carbons (Fsp3) is 0.172. The number of allylic oxidation sites excluding steroid dienone is 1. The van der Waals surface area contributed by atoms with Crippen LogP contribution >= 0.6 is 11.8 Å². The van der Waals surface area contributed by atoms with E-state index >= 15 is 0 Å². The molecule has 0 spiro atoms. The second kappa shape index (κ2) is 12.4. The lowest BCUT2D eigenvalue weighted by Crippen LogP contribution is -2.28. The maximum Gasteiger partial charge on any atom is 0.269 e. The minimum Gasteiger partial charge on any atom is -0.493 e. The van der Waals surface area contributed by atoms with E-state index in [1.807, 2.05) is 13.0 Å². The molecule has 1 fully saturated rings. The van der Waals surface area contributed by atoms with E-state index in [4.69, 9.17) is 9.47 Å². The number of amides is 1. The van der Waals surface area contributed by atoms with E-state index in [9.17, 15) is 19.3 Å². The first-order chi connectivity index (χ1) is 18.8. The SMILES string of the molecule is C=CCc1cc(/C=C2/SC(=Nc3ccc(F)cc3)N(CC)C2=O)cc(OC)c1OCc1ccc([N+](=O)[O-])cc1. The highest BCUT2D eigenvalue weighted by Crippen LogP contribution is 2.38. The summed E-state index contributed by atoms with van der Waals surface area (Å²) >= 11 is 1.25. The number of nitro benzene ring substituents is 1. The summed E-state index contributed by atoms with van der Waals surface area (Å²) in [4.78, 5) is 30.2. The molecule has 8 nitrogen and oxygen atoms in total. The van der Waals surface area contributed by atoms with Crippen LogP contribution in [-0.2, 0) is 17.8 Å². The molecule has 0 saturated carbocycles. The van der Waals surface area contributed by atoms with Crippen LogP contribution < -0.4 is 9.47 Å². The quantitative estimate of drug-likeness (QED) is 0.122. The molecule has 1 amide bonds. The number of methoxy groups -OCH3 is 1. The monoisotopic (exact) mass is 547 g/mol. The van der Waals surface area contributed by atoms with Crippen LogP contribution in [0.25, 0.3) is 6.08 Å². The van der Waals surface area contributed by atoms with Crippen molar-refractivity contribution in [2.75, 3.05) is 13.7 Å². The van der Waals surface area contributed by atoms with Crippen molar-refractivity contribution in [3.63, 3.8) is 0 Å². The van der Waals surface area contributed by atoms with Gasteiger partial charge in [-0.2, -0.15) is 0 Å². The molecule has 0 N–H and O–H groups in total. The van der Waals surface area contributed by atoms with Gasteiger partial charge in [-0.3, -0.25) is 19.8 Å². The minimum absolute atomic E-state index is 0.00732. The fourth-order valence-electron chi connectivity index (χ4n) is 3.91. The number of aliphatic imine (C=N–C) groups is 1. The summed E-state index contributed by atoms with van der Waals surface area (Å²) in [7, 11) is 1.53. The Bertz CT molecular complexity index is 1450. The van der Waals surface area contributed by atoms with Gasteiger partial charge in [0, 0.05) is 24.2 Å². The predicted molar refractivity (Wildman–Crippen MR) is 151 cm³/mol. The summed E-state index contributed by atoms with van der Waals surface area (Å²) in [5.41, 5.74) is 2.87. The van der Waals surface area contributed by atoms with Crippen LogP contribution in [0.3, 0.4) is 0 Å². The van der Waals surface area contributed by atoms with E-state index in [1.165, 1.54) is 43.1 Å². The van der Waals surface area contributed by atoms with E-state index in [-0.39, 0.29) is 24.0 Å². The average Bonchev–Trinajstić information content (AvgIpc) is 3.22. The largest absolute Gasteiger partial charge is 0.493 e. The average molecular weight is 548 g/mol. The van der Waals surface area contributed by atoms with Crippen molar-refractivity contribution in [2.45, 2.75) is 20.0 Å². The number of amidine groups is 1. The number of non-ortho nitro benzene ring substituents is 1. The van der Waals surface area contributed by atoms with Gasteiger partial charge in [-0.05, 0) is 90.8 Å². The topological polar surface area (TPSA) is 94.3 Å². The van der Waals surface area contributed by atoms with Crippen LogP contribution in [0.5, 0.6) is 11.5 Å². The first-order valence-electron chi connectivity index (χ1n) is 12.1. The number of rotatable bonds is 10. The first kappa shape index (κ1) is 27.6. The van der Waals surface area contributed by atoms with Crippen molar-refractivity contribution in [3.05, 3.63) is 111 Å². The number of hydrogen-bond donors (Lipinski definition) is 0. The van der Waals surface area contributed by atoms with Gasteiger partial charge >= 0.3 is 0 Å². The third kappa shape index (κ3) is 6.53. The third-order valence-electron chi connectivity index (χ3n) is 5.82. The highest BCUT2D eigenvalue weighted by atomic mass is 32.2. The minimum atomic E-state index is -0.451. The number of carbonyl (C=O) groups excluding carboxylic acids is 1. The van der Waals surface area contributed by atoms with Crippen molar-refractivity contribution >= 4 is 40.3 Å². The molecule has 3 aromatic rings. The number of hydrogen-bond acceptors (Lipinski definition) is 7. The Morgan fingerprint density at radius 1 is 1.15 bits per heavy atom. The Balaban J connectivity index is 1.62. The van der Waals surface area contributed by atoms with Crippen molar-refractivity contribution in [1.82, 2.24) is 4.90 Å². The molecule has 0 aromatic heterocycles. The second-order valence-corrected chi connectivity index (χ2v) is 9.46. The number of benzene rings is 3. The first-order valence-corrected chi connectivity index (χ1v) is 12.9. The number of halogens is 1. The zero-order valence-corrected chi connectivity index (χ0v) is 22.2. The summed E-state index contributed by atoms with van der Waals surface area (Å²) in [5, 5.41) is 11.4. The van der Waals surface area contributed by atoms with Gasteiger partial charge in [-0.1, -0.05) is 6.08 Å². The Morgan fingerprint density at radius 2 is 1.87 bits per heavy atom. The Labute approximate surface area is 229 Å². The molecule has 1 heterocycles. The number of ether oxygens (including phenoxy) is 2. The molecular weight excluding hydrogens is 521 g/mol. The van der Waals surface area contributed by atoms with Crippen LogP contribution in [0.2, 0.25) is 0 Å². The van der Waals surface area contributed by atoms with Gasteiger partial charge in [-0.15, -0.1) is 6.58 Å². The molecule has 1 aliphatic rings. The molecule has 200 valence electrons. The van der Waals surface area contributed by atoms with Crippen LogP contribution in [0.1, 0.15) is 23.6 Å². The van der Waals surface area contributed by atoms with Crippen molar-refractivity contribution in [3.8, 4) is 11.5 Å². The zero-order valence-electron chi connectivity index (χ0n) is 21.4. The lowest BCUT2D eigenvalue weighted by Gasteiger charge is -2.16.